The Morgan fingerprint density at radius 2 is 1.56 bits per heavy atom. The van der Waals surface area contributed by atoms with Crippen LogP contribution >= 0.6 is 15.9 Å². The minimum Gasteiger partial charge on any atom is -0.265 e. The smallest absolute Gasteiger partial charge is 0.265 e. The van der Waals surface area contributed by atoms with Crippen LogP contribution in [-0.2, 0) is 0 Å². The second-order valence-corrected chi connectivity index (χ2v) is 9.28. The number of hydrazone groups is 1. The Morgan fingerprint density at radius 1 is 0.833 bits per heavy atom. The quantitative estimate of drug-likeness (QED) is 0.187. The van der Waals surface area contributed by atoms with Crippen LogP contribution in [0.4, 0.5) is 0 Å². The van der Waals surface area contributed by atoms with Crippen molar-refractivity contribution in [3.8, 4) is 28.1 Å². The lowest BCUT2D eigenvalue weighted by molar-refractivity contribution is 0.0949. The van der Waals surface area contributed by atoms with E-state index in [9.17, 15) is 4.79 Å². The van der Waals surface area contributed by atoms with Crippen LogP contribution in [0.1, 0.15) is 21.6 Å². The summed E-state index contributed by atoms with van der Waals surface area (Å²) in [6.07, 6.45) is 1.60. The van der Waals surface area contributed by atoms with Gasteiger partial charge in [0.05, 0.1) is 17.6 Å². The molecule has 1 N–H and O–H groups in total. The van der Waals surface area contributed by atoms with E-state index in [0.29, 0.717) is 0 Å². The van der Waals surface area contributed by atoms with Gasteiger partial charge in [-0.2, -0.15) is 10.2 Å². The Kier molecular flexibility index (Phi) is 6.87. The lowest BCUT2D eigenvalue weighted by atomic mass is 10.0. The maximum atomic E-state index is 12.9. The predicted octanol–water partition coefficient (Wildman–Crippen LogP) is 7.04. The lowest BCUT2D eigenvalue weighted by Gasteiger charge is -2.09. The number of carbonyl (C=O) groups is 1. The molecule has 1 amide bonds. The zero-order valence-corrected chi connectivity index (χ0v) is 21.2. The number of halogens is 1. The first-order chi connectivity index (χ1) is 17.6. The van der Waals surface area contributed by atoms with E-state index in [2.05, 4.69) is 68.0 Å². The molecule has 36 heavy (non-hydrogen) atoms. The van der Waals surface area contributed by atoms with Crippen molar-refractivity contribution in [2.24, 2.45) is 5.10 Å². The van der Waals surface area contributed by atoms with E-state index >= 15 is 0 Å². The van der Waals surface area contributed by atoms with Crippen molar-refractivity contribution in [2.45, 2.75) is 6.92 Å². The van der Waals surface area contributed by atoms with Gasteiger partial charge in [-0.3, -0.25) is 4.79 Å². The van der Waals surface area contributed by atoms with Crippen molar-refractivity contribution >= 4 is 28.1 Å². The first-order valence-corrected chi connectivity index (χ1v) is 12.3. The normalized spacial score (nSPS) is 11.1. The monoisotopic (exact) mass is 534 g/mol. The number of rotatable bonds is 6. The van der Waals surface area contributed by atoms with E-state index in [-0.39, 0.29) is 11.6 Å². The minimum atomic E-state index is -0.380. The number of carbonyl (C=O) groups excluding carboxylic acids is 1. The third-order valence-electron chi connectivity index (χ3n) is 5.70. The molecule has 0 fully saturated rings. The molecule has 4 aromatic carbocycles. The minimum absolute atomic E-state index is 0.282. The van der Waals surface area contributed by atoms with Crippen molar-refractivity contribution in [2.75, 3.05) is 0 Å². The third kappa shape index (κ3) is 5.34. The van der Waals surface area contributed by atoms with Crippen LogP contribution in [0.2, 0.25) is 0 Å². The summed E-state index contributed by atoms with van der Waals surface area (Å²) in [7, 11) is 0. The van der Waals surface area contributed by atoms with E-state index in [4.69, 9.17) is 0 Å². The van der Waals surface area contributed by atoms with Gasteiger partial charge in [-0.05, 0) is 59.5 Å². The van der Waals surface area contributed by atoms with Gasteiger partial charge in [0.2, 0.25) is 0 Å². The second-order valence-electron chi connectivity index (χ2n) is 8.36. The van der Waals surface area contributed by atoms with Crippen LogP contribution in [0, 0.1) is 6.92 Å². The van der Waals surface area contributed by atoms with Crippen LogP contribution in [-0.4, -0.2) is 21.9 Å². The molecule has 0 atom stereocenters. The standard InChI is InChI=1S/C30H23BrN4O/c1-21-7-5-12-27(17-21)35-29(25-15-13-24(14-16-25)23-9-3-2-4-10-23)19-28(34-35)30(36)33-32-20-22-8-6-11-26(31)18-22/h2-20H,1H3,(H,33,36)/b32-20-. The predicted molar refractivity (Wildman–Crippen MR) is 148 cm³/mol. The number of aromatic nitrogens is 2. The molecule has 1 aromatic heterocycles. The number of amides is 1. The van der Waals surface area contributed by atoms with E-state index in [1.165, 1.54) is 0 Å². The summed E-state index contributed by atoms with van der Waals surface area (Å²) in [6.45, 7) is 2.03. The molecule has 0 spiro atoms. The molecule has 0 radical (unpaired) electrons. The van der Waals surface area contributed by atoms with E-state index in [0.717, 1.165) is 43.7 Å². The molecule has 0 bridgehead atoms. The highest BCUT2D eigenvalue weighted by atomic mass is 79.9. The SMILES string of the molecule is Cc1cccc(-n2nc(C(=O)N/N=C\c3cccc(Br)c3)cc2-c2ccc(-c3ccccc3)cc2)c1. The van der Waals surface area contributed by atoms with Crippen LogP contribution < -0.4 is 5.43 Å². The summed E-state index contributed by atoms with van der Waals surface area (Å²) in [6, 6.07) is 36.0. The van der Waals surface area contributed by atoms with Gasteiger partial charge in [0.15, 0.2) is 5.69 Å². The topological polar surface area (TPSA) is 59.3 Å². The van der Waals surface area contributed by atoms with Gasteiger partial charge in [-0.15, -0.1) is 0 Å². The first kappa shape index (κ1) is 23.5. The number of hydrogen-bond donors (Lipinski definition) is 1. The fourth-order valence-corrected chi connectivity index (χ4v) is 4.34. The summed E-state index contributed by atoms with van der Waals surface area (Å²) < 4.78 is 2.75. The maximum absolute atomic E-state index is 12.9. The summed E-state index contributed by atoms with van der Waals surface area (Å²) in [5.74, 6) is -0.380. The lowest BCUT2D eigenvalue weighted by Crippen LogP contribution is -2.18. The third-order valence-corrected chi connectivity index (χ3v) is 6.20. The molecule has 0 unspecified atom stereocenters. The maximum Gasteiger partial charge on any atom is 0.291 e. The van der Waals surface area contributed by atoms with Crippen molar-refractivity contribution in [1.29, 1.82) is 0 Å². The van der Waals surface area contributed by atoms with Crippen LogP contribution in [0.15, 0.2) is 119 Å². The number of benzene rings is 4. The summed E-state index contributed by atoms with van der Waals surface area (Å²) in [5.41, 5.74) is 9.79. The van der Waals surface area contributed by atoms with Gasteiger partial charge in [0, 0.05) is 10.0 Å². The van der Waals surface area contributed by atoms with Gasteiger partial charge in [0.25, 0.3) is 5.91 Å². The summed E-state index contributed by atoms with van der Waals surface area (Å²) in [5, 5.41) is 8.75. The van der Waals surface area contributed by atoms with Crippen molar-refractivity contribution in [3.05, 3.63) is 130 Å². The first-order valence-electron chi connectivity index (χ1n) is 11.5. The number of nitrogens with zero attached hydrogens (tertiary/aromatic N) is 3. The fraction of sp³-hybridized carbons (Fsp3) is 0.0333. The van der Waals surface area contributed by atoms with Crippen molar-refractivity contribution < 1.29 is 4.79 Å². The Morgan fingerprint density at radius 3 is 2.31 bits per heavy atom. The molecule has 0 saturated heterocycles. The summed E-state index contributed by atoms with van der Waals surface area (Å²) in [4.78, 5) is 12.9. The molecule has 5 rings (SSSR count). The molecular formula is C30H23BrN4O. The highest BCUT2D eigenvalue weighted by Gasteiger charge is 2.17. The van der Waals surface area contributed by atoms with Gasteiger partial charge in [0.1, 0.15) is 0 Å². The number of aryl methyl sites for hydroxylation is 1. The molecule has 6 heteroatoms. The molecule has 0 aliphatic heterocycles. The summed E-state index contributed by atoms with van der Waals surface area (Å²) >= 11 is 3.44. The highest BCUT2D eigenvalue weighted by Crippen LogP contribution is 2.28. The largest absolute Gasteiger partial charge is 0.291 e. The number of nitrogens with one attached hydrogen (secondary N) is 1. The molecular weight excluding hydrogens is 512 g/mol. The Labute approximate surface area is 218 Å². The highest BCUT2D eigenvalue weighted by molar-refractivity contribution is 9.10. The average Bonchev–Trinajstić information content (AvgIpc) is 3.35. The number of hydrogen-bond acceptors (Lipinski definition) is 3. The molecule has 0 aliphatic carbocycles. The van der Waals surface area contributed by atoms with Gasteiger partial charge in [-0.25, -0.2) is 10.1 Å². The zero-order valence-electron chi connectivity index (χ0n) is 19.6. The molecule has 0 saturated carbocycles. The Hall–Kier alpha value is -4.29. The molecule has 176 valence electrons. The van der Waals surface area contributed by atoms with E-state index < -0.39 is 0 Å². The Balaban J connectivity index is 1.46. The Bertz CT molecular complexity index is 1540. The fourth-order valence-electron chi connectivity index (χ4n) is 3.93. The van der Waals surface area contributed by atoms with Gasteiger partial charge < -0.3 is 0 Å². The van der Waals surface area contributed by atoms with Crippen LogP contribution in [0.3, 0.4) is 0 Å². The molecule has 0 aliphatic rings. The van der Waals surface area contributed by atoms with Crippen LogP contribution in [0.25, 0.3) is 28.1 Å². The molecule has 1 heterocycles. The second kappa shape index (κ2) is 10.5. The van der Waals surface area contributed by atoms with Crippen molar-refractivity contribution in [1.82, 2.24) is 15.2 Å². The van der Waals surface area contributed by atoms with Gasteiger partial charge >= 0.3 is 0 Å². The van der Waals surface area contributed by atoms with Crippen molar-refractivity contribution in [3.63, 3.8) is 0 Å². The average molecular weight is 535 g/mol. The van der Waals surface area contributed by atoms with E-state index in [1.807, 2.05) is 73.7 Å². The molecule has 5 aromatic rings. The van der Waals surface area contributed by atoms with Crippen LogP contribution in [0.5, 0.6) is 0 Å². The van der Waals surface area contributed by atoms with Gasteiger partial charge in [-0.1, -0.05) is 94.8 Å². The van der Waals surface area contributed by atoms with E-state index in [1.54, 1.807) is 17.0 Å². The molecule has 5 nitrogen and oxygen atoms in total. The zero-order chi connectivity index (χ0) is 24.9.